The third kappa shape index (κ3) is 2.76. The van der Waals surface area contributed by atoms with Crippen LogP contribution in [0.15, 0.2) is 42.5 Å². The van der Waals surface area contributed by atoms with Crippen molar-refractivity contribution in [1.82, 2.24) is 9.97 Å². The summed E-state index contributed by atoms with van der Waals surface area (Å²) in [6, 6.07) is 13.1. The van der Waals surface area contributed by atoms with Gasteiger partial charge >= 0.3 is 0 Å². The van der Waals surface area contributed by atoms with E-state index in [4.69, 9.17) is 22.1 Å². The highest BCUT2D eigenvalue weighted by molar-refractivity contribution is 6.31. The Kier molecular flexibility index (Phi) is 3.62. The highest BCUT2D eigenvalue weighted by Crippen LogP contribution is 2.30. The number of aromatic nitrogens is 2. The monoisotopic (exact) mass is 299 g/mol. The average molecular weight is 300 g/mol. The average Bonchev–Trinajstić information content (AvgIpc) is 2.49. The van der Waals surface area contributed by atoms with E-state index in [0.29, 0.717) is 11.6 Å². The summed E-state index contributed by atoms with van der Waals surface area (Å²) in [5, 5.41) is 1.55. The Bertz CT molecular complexity index is 805. The van der Waals surface area contributed by atoms with Crippen molar-refractivity contribution in [2.24, 2.45) is 0 Å². The van der Waals surface area contributed by atoms with E-state index in [9.17, 15) is 0 Å². The third-order valence-corrected chi connectivity index (χ3v) is 3.57. The number of anilines is 1. The van der Waals surface area contributed by atoms with E-state index in [-0.39, 0.29) is 5.95 Å². The molecule has 0 radical (unpaired) electrons. The van der Waals surface area contributed by atoms with Gasteiger partial charge in [0, 0.05) is 5.02 Å². The molecule has 0 aliphatic rings. The fourth-order valence-corrected chi connectivity index (χ4v) is 2.39. The second-order valence-electron chi connectivity index (χ2n) is 4.61. The maximum atomic E-state index is 6.12. The van der Waals surface area contributed by atoms with Gasteiger partial charge in [-0.3, -0.25) is 0 Å². The van der Waals surface area contributed by atoms with Crippen molar-refractivity contribution in [3.05, 3.63) is 53.1 Å². The maximum Gasteiger partial charge on any atom is 0.231 e. The van der Waals surface area contributed by atoms with E-state index in [1.807, 2.05) is 49.4 Å². The topological polar surface area (TPSA) is 61.0 Å². The fourth-order valence-electron chi connectivity index (χ4n) is 2.14. The van der Waals surface area contributed by atoms with Crippen LogP contribution < -0.4 is 10.5 Å². The molecule has 21 heavy (non-hydrogen) atoms. The maximum absolute atomic E-state index is 6.12. The van der Waals surface area contributed by atoms with Crippen LogP contribution in [0.4, 0.5) is 5.95 Å². The molecule has 0 unspecified atom stereocenters. The highest BCUT2D eigenvalue weighted by Gasteiger charge is 2.09. The van der Waals surface area contributed by atoms with Crippen molar-refractivity contribution in [1.29, 1.82) is 0 Å². The number of fused-ring (bicyclic) bond motifs is 1. The van der Waals surface area contributed by atoms with Crippen LogP contribution in [0.5, 0.6) is 11.6 Å². The second kappa shape index (κ2) is 5.58. The Labute approximate surface area is 127 Å². The van der Waals surface area contributed by atoms with Crippen molar-refractivity contribution in [3.63, 3.8) is 0 Å². The molecule has 1 heterocycles. The minimum absolute atomic E-state index is 0.188. The first-order valence-electron chi connectivity index (χ1n) is 6.66. The number of rotatable bonds is 3. The molecule has 0 saturated carbocycles. The van der Waals surface area contributed by atoms with E-state index < -0.39 is 0 Å². The van der Waals surface area contributed by atoms with Gasteiger partial charge in [-0.2, -0.15) is 4.98 Å². The number of hydrogen-bond acceptors (Lipinski definition) is 4. The van der Waals surface area contributed by atoms with E-state index >= 15 is 0 Å². The predicted octanol–water partition coefficient (Wildman–Crippen LogP) is 4.22. The minimum Gasteiger partial charge on any atom is -0.438 e. The number of hydrogen-bond donors (Lipinski definition) is 1. The molecule has 3 rings (SSSR count). The first-order chi connectivity index (χ1) is 10.2. The zero-order valence-corrected chi connectivity index (χ0v) is 12.3. The lowest BCUT2D eigenvalue weighted by molar-refractivity contribution is 0.468. The highest BCUT2D eigenvalue weighted by atomic mass is 35.5. The Hall–Kier alpha value is -2.33. The molecule has 4 nitrogen and oxygen atoms in total. The number of halogens is 1. The van der Waals surface area contributed by atoms with E-state index in [1.165, 1.54) is 0 Å². The smallest absolute Gasteiger partial charge is 0.231 e. The zero-order chi connectivity index (χ0) is 14.8. The molecule has 2 aromatic carbocycles. The Morgan fingerprint density at radius 2 is 1.95 bits per heavy atom. The Morgan fingerprint density at radius 3 is 2.76 bits per heavy atom. The lowest BCUT2D eigenvalue weighted by Crippen LogP contribution is -1.98. The van der Waals surface area contributed by atoms with Gasteiger partial charge in [0.15, 0.2) is 0 Å². The van der Waals surface area contributed by atoms with Crippen molar-refractivity contribution >= 4 is 28.5 Å². The molecule has 0 aliphatic carbocycles. The molecule has 0 atom stereocenters. The summed E-state index contributed by atoms with van der Waals surface area (Å²) in [7, 11) is 0. The molecule has 0 fully saturated rings. The molecular formula is C16H14ClN3O. The van der Waals surface area contributed by atoms with Crippen molar-refractivity contribution in [2.75, 3.05) is 5.73 Å². The summed E-state index contributed by atoms with van der Waals surface area (Å²) >= 11 is 6.12. The van der Waals surface area contributed by atoms with Crippen LogP contribution in [0.3, 0.4) is 0 Å². The van der Waals surface area contributed by atoms with Crippen molar-refractivity contribution in [3.8, 4) is 11.6 Å². The summed E-state index contributed by atoms with van der Waals surface area (Å²) < 4.78 is 5.88. The predicted molar refractivity (Wildman–Crippen MR) is 84.9 cm³/mol. The molecule has 1 aromatic heterocycles. The van der Waals surface area contributed by atoms with E-state index in [0.717, 1.165) is 27.9 Å². The summed E-state index contributed by atoms with van der Waals surface area (Å²) in [6.07, 6.45) is 0.836. The quantitative estimate of drug-likeness (QED) is 0.786. The number of benzene rings is 2. The van der Waals surface area contributed by atoms with Crippen LogP contribution in [0.25, 0.3) is 10.9 Å². The lowest BCUT2D eigenvalue weighted by atomic mass is 10.1. The van der Waals surface area contributed by atoms with Gasteiger partial charge in [-0.25, -0.2) is 4.98 Å². The number of nitrogens with zero attached hydrogens (tertiary/aromatic N) is 2. The van der Waals surface area contributed by atoms with Crippen molar-refractivity contribution < 1.29 is 4.74 Å². The van der Waals surface area contributed by atoms with Gasteiger partial charge in [0.2, 0.25) is 11.8 Å². The normalized spacial score (nSPS) is 10.8. The molecule has 0 amide bonds. The molecule has 0 bridgehead atoms. The van der Waals surface area contributed by atoms with Gasteiger partial charge in [-0.1, -0.05) is 30.7 Å². The van der Waals surface area contributed by atoms with Crippen LogP contribution in [-0.4, -0.2) is 9.97 Å². The van der Waals surface area contributed by atoms with Crippen LogP contribution in [0, 0.1) is 0 Å². The molecule has 3 aromatic rings. The minimum atomic E-state index is 0.188. The molecule has 0 saturated heterocycles. The zero-order valence-electron chi connectivity index (χ0n) is 11.5. The van der Waals surface area contributed by atoms with Crippen LogP contribution in [-0.2, 0) is 6.42 Å². The second-order valence-corrected chi connectivity index (χ2v) is 5.02. The van der Waals surface area contributed by atoms with E-state index in [1.54, 1.807) is 0 Å². The van der Waals surface area contributed by atoms with Crippen molar-refractivity contribution in [2.45, 2.75) is 13.3 Å². The molecule has 0 spiro atoms. The molecule has 106 valence electrons. The summed E-state index contributed by atoms with van der Waals surface area (Å²) in [6.45, 7) is 2.04. The fraction of sp³-hybridized carbons (Fsp3) is 0.125. The standard InChI is InChI=1S/C16H14ClN3O/c1-2-10-9-11(7-8-13(10)17)21-15-12-5-3-4-6-14(12)19-16(18)20-15/h3-9H,2H2,1H3,(H2,18,19,20). The van der Waals surface area contributed by atoms with Gasteiger partial charge in [0.05, 0.1) is 10.9 Å². The van der Waals surface area contributed by atoms with Gasteiger partial charge in [-0.15, -0.1) is 0 Å². The largest absolute Gasteiger partial charge is 0.438 e. The van der Waals surface area contributed by atoms with Gasteiger partial charge < -0.3 is 10.5 Å². The van der Waals surface area contributed by atoms with Crippen LogP contribution in [0.1, 0.15) is 12.5 Å². The first kappa shape index (κ1) is 13.6. The lowest BCUT2D eigenvalue weighted by Gasteiger charge is -2.10. The molecule has 2 N–H and O–H groups in total. The summed E-state index contributed by atoms with van der Waals surface area (Å²) in [4.78, 5) is 8.38. The SMILES string of the molecule is CCc1cc(Oc2nc(N)nc3ccccc23)ccc1Cl. The molecule has 0 aliphatic heterocycles. The van der Waals surface area contributed by atoms with Crippen LogP contribution >= 0.6 is 11.6 Å². The third-order valence-electron chi connectivity index (χ3n) is 3.20. The summed E-state index contributed by atoms with van der Waals surface area (Å²) in [5.41, 5.74) is 7.52. The molecular weight excluding hydrogens is 286 g/mol. The number of nitrogens with two attached hydrogens (primary N) is 1. The number of para-hydroxylation sites is 1. The van der Waals surface area contributed by atoms with Gasteiger partial charge in [-0.05, 0) is 42.3 Å². The number of aryl methyl sites for hydroxylation is 1. The Morgan fingerprint density at radius 1 is 1.14 bits per heavy atom. The van der Waals surface area contributed by atoms with Gasteiger partial charge in [0.1, 0.15) is 5.75 Å². The van der Waals surface area contributed by atoms with E-state index in [2.05, 4.69) is 9.97 Å². The van der Waals surface area contributed by atoms with Crippen LogP contribution in [0.2, 0.25) is 5.02 Å². The summed E-state index contributed by atoms with van der Waals surface area (Å²) in [5.74, 6) is 1.32. The number of nitrogen functional groups attached to an aromatic ring is 1. The molecule has 5 heteroatoms. The Balaban J connectivity index is 2.05. The van der Waals surface area contributed by atoms with Gasteiger partial charge in [0.25, 0.3) is 0 Å². The number of ether oxygens (including phenoxy) is 1. The first-order valence-corrected chi connectivity index (χ1v) is 7.03.